The fourth-order valence-corrected chi connectivity index (χ4v) is 4.36. The number of fused-ring (bicyclic) bond motifs is 1. The fraction of sp³-hybridized carbons (Fsp3) is 0.429. The third-order valence-electron chi connectivity index (χ3n) is 5.96. The molecule has 0 spiro atoms. The van der Waals surface area contributed by atoms with Crippen LogP contribution in [0.15, 0.2) is 36.4 Å². The summed E-state index contributed by atoms with van der Waals surface area (Å²) in [5.41, 5.74) is 0.889. The number of hydrogen-bond donors (Lipinski definition) is 0. The summed E-state index contributed by atoms with van der Waals surface area (Å²) >= 11 is 0. The highest BCUT2D eigenvalue weighted by atomic mass is 19.1. The fourth-order valence-electron chi connectivity index (χ4n) is 4.36. The number of rotatable bonds is 4. The largest absolute Gasteiger partial charge is 0.344 e. The minimum Gasteiger partial charge on any atom is -0.344 e. The minimum absolute atomic E-state index is 0.142. The summed E-state index contributed by atoms with van der Waals surface area (Å²) in [5.74, 6) is 1.45. The molecular formula is C21H23FN6O. The molecule has 1 aliphatic carbocycles. The molecule has 2 aromatic heterocycles. The van der Waals surface area contributed by atoms with E-state index >= 15 is 0 Å². The van der Waals surface area contributed by atoms with Crippen LogP contribution in [0.3, 0.4) is 0 Å². The van der Waals surface area contributed by atoms with Crippen molar-refractivity contribution in [1.82, 2.24) is 24.7 Å². The molecule has 1 aromatic carbocycles. The molecule has 0 N–H and O–H groups in total. The van der Waals surface area contributed by atoms with Crippen molar-refractivity contribution in [2.45, 2.75) is 25.7 Å². The molecule has 0 radical (unpaired) electrons. The first-order valence-corrected chi connectivity index (χ1v) is 10.2. The number of piperazine rings is 1. The predicted molar refractivity (Wildman–Crippen MR) is 107 cm³/mol. The van der Waals surface area contributed by atoms with E-state index < -0.39 is 0 Å². The van der Waals surface area contributed by atoms with Gasteiger partial charge in [-0.2, -0.15) is 4.52 Å². The van der Waals surface area contributed by atoms with E-state index in [0.29, 0.717) is 41.9 Å². The third-order valence-corrected chi connectivity index (χ3v) is 5.96. The Morgan fingerprint density at radius 2 is 1.86 bits per heavy atom. The minimum atomic E-state index is -0.371. The van der Waals surface area contributed by atoms with Crippen LogP contribution in [-0.4, -0.2) is 56.8 Å². The Morgan fingerprint density at radius 1 is 1.03 bits per heavy atom. The average molecular weight is 394 g/mol. The van der Waals surface area contributed by atoms with E-state index in [1.54, 1.807) is 28.8 Å². The molecule has 8 heteroatoms. The van der Waals surface area contributed by atoms with Crippen LogP contribution in [0.5, 0.6) is 0 Å². The second-order valence-corrected chi connectivity index (χ2v) is 7.88. The van der Waals surface area contributed by atoms with Crippen LogP contribution in [-0.2, 0) is 4.79 Å². The van der Waals surface area contributed by atoms with Crippen LogP contribution in [0.4, 0.5) is 10.2 Å². The van der Waals surface area contributed by atoms with Gasteiger partial charge in [-0.1, -0.05) is 25.0 Å². The van der Waals surface area contributed by atoms with Crippen LogP contribution < -0.4 is 4.90 Å². The number of carbonyl (C=O) groups excluding carboxylic acids is 1. The zero-order valence-electron chi connectivity index (χ0n) is 16.2. The lowest BCUT2D eigenvalue weighted by Gasteiger charge is -2.36. The van der Waals surface area contributed by atoms with Crippen LogP contribution in [0.25, 0.3) is 17.0 Å². The number of amides is 1. The lowest BCUT2D eigenvalue weighted by Crippen LogP contribution is -2.51. The van der Waals surface area contributed by atoms with Gasteiger partial charge in [0.05, 0.1) is 12.1 Å². The van der Waals surface area contributed by atoms with Crippen molar-refractivity contribution in [3.8, 4) is 11.4 Å². The molecule has 3 aromatic rings. The smallest absolute Gasteiger partial charge is 0.242 e. The summed E-state index contributed by atoms with van der Waals surface area (Å²) in [4.78, 5) is 16.7. The molecule has 7 nitrogen and oxygen atoms in total. The van der Waals surface area contributed by atoms with Gasteiger partial charge in [-0.25, -0.2) is 4.39 Å². The van der Waals surface area contributed by atoms with Crippen LogP contribution in [0.2, 0.25) is 0 Å². The second-order valence-electron chi connectivity index (χ2n) is 7.88. The Kier molecular flexibility index (Phi) is 4.61. The summed E-state index contributed by atoms with van der Waals surface area (Å²) in [7, 11) is 0. The molecule has 0 atom stereocenters. The maximum atomic E-state index is 14.2. The normalized spacial score (nSPS) is 18.2. The van der Waals surface area contributed by atoms with Crippen molar-refractivity contribution in [3.63, 3.8) is 0 Å². The van der Waals surface area contributed by atoms with Gasteiger partial charge in [-0.05, 0) is 43.0 Å². The highest BCUT2D eigenvalue weighted by Gasteiger charge is 2.28. The topological polar surface area (TPSA) is 66.6 Å². The Balaban J connectivity index is 1.38. The van der Waals surface area contributed by atoms with Gasteiger partial charge >= 0.3 is 0 Å². The maximum absolute atomic E-state index is 14.2. The van der Waals surface area contributed by atoms with Crippen LogP contribution >= 0.6 is 0 Å². The molecule has 3 heterocycles. The van der Waals surface area contributed by atoms with E-state index in [2.05, 4.69) is 15.3 Å². The zero-order valence-corrected chi connectivity index (χ0v) is 16.2. The SMILES string of the molecule is O=C1CN(c2ccc3nnc(-c4ccccc4F)n3n2)CCN1CC1CCCC1. The van der Waals surface area contributed by atoms with E-state index in [1.165, 1.54) is 31.7 Å². The highest BCUT2D eigenvalue weighted by molar-refractivity contribution is 5.82. The summed E-state index contributed by atoms with van der Waals surface area (Å²) in [5, 5.41) is 12.8. The summed E-state index contributed by atoms with van der Waals surface area (Å²) < 4.78 is 15.8. The van der Waals surface area contributed by atoms with Crippen LogP contribution in [0, 0.1) is 11.7 Å². The molecule has 5 rings (SSSR count). The highest BCUT2D eigenvalue weighted by Crippen LogP contribution is 2.27. The first kappa shape index (κ1) is 18.0. The molecule has 2 fully saturated rings. The van der Waals surface area contributed by atoms with E-state index in [1.807, 2.05) is 15.9 Å². The quantitative estimate of drug-likeness (QED) is 0.681. The maximum Gasteiger partial charge on any atom is 0.242 e. The van der Waals surface area contributed by atoms with Crippen LogP contribution in [0.1, 0.15) is 25.7 Å². The van der Waals surface area contributed by atoms with Crippen molar-refractivity contribution in [2.24, 2.45) is 5.92 Å². The number of anilines is 1. The molecule has 1 saturated heterocycles. The van der Waals surface area contributed by atoms with Gasteiger partial charge in [-0.15, -0.1) is 15.3 Å². The van der Waals surface area contributed by atoms with Gasteiger partial charge in [0.25, 0.3) is 0 Å². The Labute approximate surface area is 168 Å². The van der Waals surface area contributed by atoms with E-state index in [-0.39, 0.29) is 11.7 Å². The Bertz CT molecular complexity index is 1040. The lowest BCUT2D eigenvalue weighted by molar-refractivity contribution is -0.131. The second kappa shape index (κ2) is 7.42. The monoisotopic (exact) mass is 394 g/mol. The first-order chi connectivity index (χ1) is 14.2. The third kappa shape index (κ3) is 3.43. The molecule has 2 aliphatic rings. The van der Waals surface area contributed by atoms with E-state index in [9.17, 15) is 9.18 Å². The molecule has 1 saturated carbocycles. The van der Waals surface area contributed by atoms with Crippen molar-refractivity contribution < 1.29 is 9.18 Å². The number of carbonyl (C=O) groups is 1. The zero-order chi connectivity index (χ0) is 19.8. The molecule has 1 aliphatic heterocycles. The van der Waals surface area contributed by atoms with Gasteiger partial charge in [0.2, 0.25) is 5.91 Å². The molecular weight excluding hydrogens is 371 g/mol. The molecule has 150 valence electrons. The van der Waals surface area contributed by atoms with Crippen molar-refractivity contribution in [3.05, 3.63) is 42.2 Å². The lowest BCUT2D eigenvalue weighted by atomic mass is 10.1. The number of nitrogens with zero attached hydrogens (tertiary/aromatic N) is 6. The predicted octanol–water partition coefficient (Wildman–Crippen LogP) is 2.77. The van der Waals surface area contributed by atoms with Crippen molar-refractivity contribution in [2.75, 3.05) is 31.1 Å². The summed E-state index contributed by atoms with van der Waals surface area (Å²) in [6.07, 6.45) is 5.04. The summed E-state index contributed by atoms with van der Waals surface area (Å²) in [6, 6.07) is 10.1. The Hall–Kier alpha value is -3.03. The number of halogens is 1. The first-order valence-electron chi connectivity index (χ1n) is 10.2. The van der Waals surface area contributed by atoms with Gasteiger partial charge in [0.1, 0.15) is 11.6 Å². The van der Waals surface area contributed by atoms with E-state index in [4.69, 9.17) is 0 Å². The standard InChI is InChI=1S/C21H23FN6O/c22-17-8-4-3-7-16(17)21-24-23-18-9-10-19(25-28(18)21)26-11-12-27(20(29)14-26)13-15-5-1-2-6-15/h3-4,7-10,15H,1-2,5-6,11-14H2. The average Bonchev–Trinajstić information content (AvgIpc) is 3.39. The molecule has 1 amide bonds. The molecule has 0 unspecified atom stereocenters. The molecule has 0 bridgehead atoms. The number of aromatic nitrogens is 4. The van der Waals surface area contributed by atoms with Gasteiger partial charge < -0.3 is 9.80 Å². The molecule has 29 heavy (non-hydrogen) atoms. The van der Waals surface area contributed by atoms with Crippen molar-refractivity contribution in [1.29, 1.82) is 0 Å². The van der Waals surface area contributed by atoms with Gasteiger partial charge in [-0.3, -0.25) is 4.79 Å². The van der Waals surface area contributed by atoms with E-state index in [0.717, 1.165) is 13.1 Å². The number of hydrogen-bond acceptors (Lipinski definition) is 5. The Morgan fingerprint density at radius 3 is 2.66 bits per heavy atom. The summed E-state index contributed by atoms with van der Waals surface area (Å²) in [6.45, 7) is 2.62. The van der Waals surface area contributed by atoms with Gasteiger partial charge in [0.15, 0.2) is 11.5 Å². The number of benzene rings is 1. The van der Waals surface area contributed by atoms with Crippen molar-refractivity contribution >= 4 is 17.4 Å². The van der Waals surface area contributed by atoms with Gasteiger partial charge in [0, 0.05) is 19.6 Å².